The zero-order chi connectivity index (χ0) is 11.4. The Balaban J connectivity index is 2.55. The van der Waals surface area contributed by atoms with Gasteiger partial charge >= 0.3 is 0 Å². The highest BCUT2D eigenvalue weighted by Gasteiger charge is 2.16. The van der Waals surface area contributed by atoms with E-state index in [4.69, 9.17) is 5.73 Å². The molecule has 84 valence electrons. The summed E-state index contributed by atoms with van der Waals surface area (Å²) in [6.45, 7) is 2.90. The van der Waals surface area contributed by atoms with Crippen LogP contribution in [0.2, 0.25) is 0 Å². The van der Waals surface area contributed by atoms with Gasteiger partial charge in [-0.25, -0.2) is 0 Å². The molecule has 0 aliphatic carbocycles. The van der Waals surface area contributed by atoms with Crippen molar-refractivity contribution in [3.8, 4) is 0 Å². The minimum atomic E-state index is -0.0987. The van der Waals surface area contributed by atoms with Gasteiger partial charge in [0, 0.05) is 34.2 Å². The van der Waals surface area contributed by atoms with Gasteiger partial charge in [0.15, 0.2) is 0 Å². The molecular formula is C10H15BrN2OS. The second-order valence-electron chi connectivity index (χ2n) is 3.56. The summed E-state index contributed by atoms with van der Waals surface area (Å²) in [4.78, 5) is 14.6. The highest BCUT2D eigenvalue weighted by atomic mass is 79.9. The lowest BCUT2D eigenvalue weighted by molar-refractivity contribution is -0.133. The van der Waals surface area contributed by atoms with Gasteiger partial charge in [-0.2, -0.15) is 0 Å². The number of rotatable bonds is 4. The van der Waals surface area contributed by atoms with Crippen molar-refractivity contribution in [3.63, 3.8) is 0 Å². The topological polar surface area (TPSA) is 46.3 Å². The first-order chi connectivity index (χ1) is 7.04. The van der Waals surface area contributed by atoms with Crippen LogP contribution in [0.4, 0.5) is 0 Å². The Hall–Kier alpha value is -0.390. The predicted octanol–water partition coefficient (Wildman–Crippen LogP) is 2.06. The van der Waals surface area contributed by atoms with Crippen molar-refractivity contribution in [2.75, 3.05) is 13.6 Å². The van der Waals surface area contributed by atoms with Gasteiger partial charge in [0.1, 0.15) is 0 Å². The van der Waals surface area contributed by atoms with E-state index in [0.29, 0.717) is 13.1 Å². The second kappa shape index (κ2) is 5.63. The van der Waals surface area contributed by atoms with Gasteiger partial charge in [0.05, 0.1) is 6.54 Å². The fourth-order valence-electron chi connectivity index (χ4n) is 1.23. The van der Waals surface area contributed by atoms with Crippen LogP contribution in [0.25, 0.3) is 0 Å². The Labute approximate surface area is 102 Å². The van der Waals surface area contributed by atoms with Crippen LogP contribution in [0.3, 0.4) is 0 Å². The molecule has 0 bridgehead atoms. The average Bonchev–Trinajstić information content (AvgIpc) is 2.61. The molecule has 15 heavy (non-hydrogen) atoms. The van der Waals surface area contributed by atoms with Crippen molar-refractivity contribution < 1.29 is 4.79 Å². The van der Waals surface area contributed by atoms with Crippen LogP contribution >= 0.6 is 27.3 Å². The van der Waals surface area contributed by atoms with Crippen LogP contribution in [0.15, 0.2) is 15.9 Å². The van der Waals surface area contributed by atoms with Gasteiger partial charge in [-0.05, 0) is 22.0 Å². The van der Waals surface area contributed by atoms with Gasteiger partial charge in [0.2, 0.25) is 5.91 Å². The summed E-state index contributed by atoms with van der Waals surface area (Å²) in [5.74, 6) is 0.000394. The quantitative estimate of drug-likeness (QED) is 0.923. The monoisotopic (exact) mass is 290 g/mol. The molecule has 1 aromatic heterocycles. The first-order valence-corrected chi connectivity index (χ1v) is 6.39. The molecule has 0 fully saturated rings. The van der Waals surface area contributed by atoms with E-state index in [1.165, 1.54) is 4.88 Å². The Morgan fingerprint density at radius 3 is 2.87 bits per heavy atom. The summed E-state index contributed by atoms with van der Waals surface area (Å²) in [7, 11) is 1.81. The number of hydrogen-bond donors (Lipinski definition) is 1. The maximum absolute atomic E-state index is 11.7. The molecule has 2 N–H and O–H groups in total. The van der Waals surface area contributed by atoms with Crippen LogP contribution in [-0.4, -0.2) is 24.4 Å². The number of thiophene rings is 1. The number of amides is 1. The third-order valence-electron chi connectivity index (χ3n) is 2.17. The third kappa shape index (κ3) is 3.59. The van der Waals surface area contributed by atoms with Gasteiger partial charge in [-0.3, -0.25) is 4.79 Å². The van der Waals surface area contributed by atoms with E-state index < -0.39 is 0 Å². The molecule has 0 aliphatic heterocycles. The van der Waals surface area contributed by atoms with Crippen molar-refractivity contribution >= 4 is 33.2 Å². The number of nitrogens with zero attached hydrogens (tertiary/aromatic N) is 1. The van der Waals surface area contributed by atoms with Crippen molar-refractivity contribution in [2.24, 2.45) is 11.7 Å². The molecular weight excluding hydrogens is 276 g/mol. The summed E-state index contributed by atoms with van der Waals surface area (Å²) in [6, 6.07) is 2.03. The predicted molar refractivity (Wildman–Crippen MR) is 66.7 cm³/mol. The molecule has 1 unspecified atom stereocenters. The first-order valence-electron chi connectivity index (χ1n) is 4.72. The van der Waals surface area contributed by atoms with E-state index in [0.717, 1.165) is 4.47 Å². The molecule has 5 heteroatoms. The molecule has 1 heterocycles. The number of halogens is 1. The summed E-state index contributed by atoms with van der Waals surface area (Å²) in [5, 5.41) is 2.01. The third-order valence-corrected chi connectivity index (χ3v) is 3.85. The van der Waals surface area contributed by atoms with Crippen molar-refractivity contribution in [3.05, 3.63) is 20.8 Å². The zero-order valence-corrected chi connectivity index (χ0v) is 11.3. The van der Waals surface area contributed by atoms with Crippen LogP contribution < -0.4 is 5.73 Å². The molecule has 0 aromatic carbocycles. The SMILES string of the molecule is CC(CN)C(=O)N(C)Cc1cc(Br)cs1. The molecule has 0 spiro atoms. The van der Waals surface area contributed by atoms with Crippen LogP contribution in [0.1, 0.15) is 11.8 Å². The summed E-state index contributed by atoms with van der Waals surface area (Å²) >= 11 is 5.03. The zero-order valence-electron chi connectivity index (χ0n) is 8.87. The molecule has 1 rings (SSSR count). The van der Waals surface area contributed by atoms with Gasteiger partial charge in [0.25, 0.3) is 0 Å². The normalized spacial score (nSPS) is 12.5. The number of carbonyl (C=O) groups excluding carboxylic acids is 1. The fraction of sp³-hybridized carbons (Fsp3) is 0.500. The molecule has 3 nitrogen and oxygen atoms in total. The Bertz CT molecular complexity index is 340. The summed E-state index contributed by atoms with van der Waals surface area (Å²) in [5.41, 5.74) is 5.46. The molecule has 0 saturated carbocycles. The van der Waals surface area contributed by atoms with E-state index >= 15 is 0 Å². The smallest absolute Gasteiger partial charge is 0.226 e. The summed E-state index contributed by atoms with van der Waals surface area (Å²) < 4.78 is 1.07. The summed E-state index contributed by atoms with van der Waals surface area (Å²) in [6.07, 6.45) is 0. The molecule has 0 saturated heterocycles. The standard InChI is InChI=1S/C10H15BrN2OS/c1-7(4-12)10(14)13(2)5-9-3-8(11)6-15-9/h3,6-7H,4-5,12H2,1-2H3. The molecule has 0 aliphatic rings. The number of hydrogen-bond acceptors (Lipinski definition) is 3. The molecule has 1 atom stereocenters. The highest BCUT2D eigenvalue weighted by molar-refractivity contribution is 9.10. The van der Waals surface area contributed by atoms with Crippen molar-refractivity contribution in [2.45, 2.75) is 13.5 Å². The van der Waals surface area contributed by atoms with Crippen LogP contribution in [0, 0.1) is 5.92 Å². The second-order valence-corrected chi connectivity index (χ2v) is 5.47. The van der Waals surface area contributed by atoms with Gasteiger partial charge < -0.3 is 10.6 Å². The maximum atomic E-state index is 11.7. The lowest BCUT2D eigenvalue weighted by Gasteiger charge is -2.19. The van der Waals surface area contributed by atoms with Gasteiger partial charge in [-0.1, -0.05) is 6.92 Å². The molecule has 1 aromatic rings. The average molecular weight is 291 g/mol. The van der Waals surface area contributed by atoms with E-state index in [9.17, 15) is 4.79 Å². The van der Waals surface area contributed by atoms with Crippen LogP contribution in [0.5, 0.6) is 0 Å². The largest absolute Gasteiger partial charge is 0.340 e. The van der Waals surface area contributed by atoms with E-state index in [1.807, 2.05) is 25.4 Å². The molecule has 1 amide bonds. The lowest BCUT2D eigenvalue weighted by atomic mass is 10.1. The molecule has 0 radical (unpaired) electrons. The Morgan fingerprint density at radius 1 is 1.73 bits per heavy atom. The minimum Gasteiger partial charge on any atom is -0.340 e. The Kier molecular flexibility index (Phi) is 4.76. The Morgan fingerprint density at radius 2 is 2.40 bits per heavy atom. The van der Waals surface area contributed by atoms with Crippen LogP contribution in [-0.2, 0) is 11.3 Å². The van der Waals surface area contributed by atoms with Crippen molar-refractivity contribution in [1.82, 2.24) is 4.90 Å². The van der Waals surface area contributed by atoms with E-state index in [2.05, 4.69) is 15.9 Å². The first kappa shape index (κ1) is 12.7. The highest BCUT2D eigenvalue weighted by Crippen LogP contribution is 2.21. The lowest BCUT2D eigenvalue weighted by Crippen LogP contribution is -2.34. The minimum absolute atomic E-state index is 0.0987. The van der Waals surface area contributed by atoms with E-state index in [-0.39, 0.29) is 11.8 Å². The number of nitrogens with two attached hydrogens (primary N) is 1. The van der Waals surface area contributed by atoms with Crippen molar-refractivity contribution in [1.29, 1.82) is 0 Å². The fourth-order valence-corrected chi connectivity index (χ4v) is 2.73. The van der Waals surface area contributed by atoms with Gasteiger partial charge in [-0.15, -0.1) is 11.3 Å². The van der Waals surface area contributed by atoms with E-state index in [1.54, 1.807) is 16.2 Å². The maximum Gasteiger partial charge on any atom is 0.226 e. The number of carbonyl (C=O) groups is 1.